The maximum absolute atomic E-state index is 13.9. The molecule has 4 amide bonds. The molecule has 0 bridgehead atoms. The Morgan fingerprint density at radius 1 is 1.14 bits per heavy atom. The molecule has 2 saturated heterocycles. The lowest BCUT2D eigenvalue weighted by molar-refractivity contribution is -0.144. The predicted octanol–water partition coefficient (Wildman–Crippen LogP) is 2.05. The lowest BCUT2D eigenvalue weighted by Gasteiger charge is -2.36. The quantitative estimate of drug-likeness (QED) is 0.281. The van der Waals surface area contributed by atoms with Crippen LogP contribution in [0.5, 0.6) is 5.75 Å². The van der Waals surface area contributed by atoms with Crippen LogP contribution in [0.25, 0.3) is 0 Å². The lowest BCUT2D eigenvalue weighted by Crippen LogP contribution is -2.65. The van der Waals surface area contributed by atoms with Gasteiger partial charge in [-0.1, -0.05) is 37.4 Å². The van der Waals surface area contributed by atoms with Crippen molar-refractivity contribution in [1.29, 1.82) is 0 Å². The highest BCUT2D eigenvalue weighted by Gasteiger charge is 2.43. The van der Waals surface area contributed by atoms with Gasteiger partial charge in [0.1, 0.15) is 35.5 Å². The van der Waals surface area contributed by atoms with Crippen molar-refractivity contribution < 1.29 is 33.8 Å². The van der Waals surface area contributed by atoms with E-state index in [2.05, 4.69) is 16.0 Å². The molecule has 232 valence electrons. The Morgan fingerprint density at radius 2 is 1.88 bits per heavy atom. The van der Waals surface area contributed by atoms with Gasteiger partial charge < -0.3 is 30.7 Å². The Labute approximate surface area is 252 Å². The molecule has 2 fully saturated rings. The number of methoxy groups -OCH3 is 1. The fourth-order valence-electron chi connectivity index (χ4n) is 5.32. The number of benzene rings is 1. The minimum Gasteiger partial charge on any atom is -0.495 e. The number of rotatable bonds is 11. The van der Waals surface area contributed by atoms with Crippen LogP contribution in [0.15, 0.2) is 18.2 Å². The van der Waals surface area contributed by atoms with E-state index < -0.39 is 47.5 Å². The molecule has 2 aliphatic rings. The summed E-state index contributed by atoms with van der Waals surface area (Å²) in [6.45, 7) is 5.14. The van der Waals surface area contributed by atoms with Crippen molar-refractivity contribution in [3.63, 3.8) is 0 Å². The number of aliphatic hydroxyl groups is 1. The van der Waals surface area contributed by atoms with Crippen LogP contribution in [0.3, 0.4) is 0 Å². The number of halogens is 1. The van der Waals surface area contributed by atoms with Crippen LogP contribution in [0.1, 0.15) is 77.7 Å². The van der Waals surface area contributed by atoms with E-state index in [0.29, 0.717) is 61.4 Å². The van der Waals surface area contributed by atoms with Gasteiger partial charge in [0.25, 0.3) is 0 Å². The molecule has 4 N–H and O–H groups in total. The average Bonchev–Trinajstić information content (AvgIpc) is 3.45. The zero-order valence-electron chi connectivity index (χ0n) is 24.8. The minimum atomic E-state index is -1.34. The Hall–Kier alpha value is -3.18. The summed E-state index contributed by atoms with van der Waals surface area (Å²) in [7, 11) is 1.49. The summed E-state index contributed by atoms with van der Waals surface area (Å²) in [4.78, 5) is 67.7. The van der Waals surface area contributed by atoms with Crippen molar-refractivity contribution in [1.82, 2.24) is 20.9 Å². The Kier molecular flexibility index (Phi) is 11.8. The molecule has 0 unspecified atom stereocenters. The maximum Gasteiger partial charge on any atom is 0.246 e. The number of aliphatic hydroxyl groups excluding tert-OH is 1. The van der Waals surface area contributed by atoms with Crippen LogP contribution >= 0.6 is 11.6 Å². The molecule has 0 radical (unpaired) electrons. The number of amides is 4. The van der Waals surface area contributed by atoms with Gasteiger partial charge in [0, 0.05) is 19.4 Å². The first-order chi connectivity index (χ1) is 19.9. The van der Waals surface area contributed by atoms with Gasteiger partial charge in [0.05, 0.1) is 12.1 Å². The maximum atomic E-state index is 13.9. The minimum absolute atomic E-state index is 0.136. The molecule has 11 nitrogen and oxygen atoms in total. The van der Waals surface area contributed by atoms with E-state index >= 15 is 0 Å². The van der Waals surface area contributed by atoms with Crippen LogP contribution in [0, 0.1) is 0 Å². The van der Waals surface area contributed by atoms with Gasteiger partial charge in [-0.25, -0.2) is 0 Å². The third-order valence-electron chi connectivity index (χ3n) is 8.22. The normalized spacial score (nSPS) is 25.9. The average molecular weight is 607 g/mol. The van der Waals surface area contributed by atoms with E-state index in [1.54, 1.807) is 32.0 Å². The first-order valence-electron chi connectivity index (χ1n) is 14.7. The van der Waals surface area contributed by atoms with Crippen LogP contribution in [-0.2, 0) is 30.4 Å². The molecular formula is C30H43ClN4O7. The third-order valence-corrected chi connectivity index (χ3v) is 8.53. The van der Waals surface area contributed by atoms with Gasteiger partial charge in [-0.05, 0) is 63.6 Å². The number of ketones is 1. The smallest absolute Gasteiger partial charge is 0.246 e. The molecule has 2 aliphatic heterocycles. The molecule has 3 rings (SSSR count). The molecule has 42 heavy (non-hydrogen) atoms. The largest absolute Gasteiger partial charge is 0.495 e. The van der Waals surface area contributed by atoms with Crippen LogP contribution < -0.4 is 20.7 Å². The number of nitrogens with one attached hydrogen (secondary N) is 3. The molecular weight excluding hydrogens is 564 g/mol. The highest BCUT2D eigenvalue weighted by atomic mass is 35.5. The van der Waals surface area contributed by atoms with Crippen LogP contribution in [0.4, 0.5) is 0 Å². The topological polar surface area (TPSA) is 154 Å². The highest BCUT2D eigenvalue weighted by Crippen LogP contribution is 2.27. The molecule has 1 aromatic carbocycles. The van der Waals surface area contributed by atoms with Gasteiger partial charge >= 0.3 is 0 Å². The number of Topliss-reactive ketones (excluding diaryl/α,β-unsaturated/α-hetero) is 1. The van der Waals surface area contributed by atoms with E-state index in [1.165, 1.54) is 18.9 Å². The van der Waals surface area contributed by atoms with E-state index in [4.69, 9.17) is 16.3 Å². The fourth-order valence-corrected chi connectivity index (χ4v) is 5.52. The Morgan fingerprint density at radius 3 is 2.55 bits per heavy atom. The number of hydrogen-bond donors (Lipinski definition) is 4. The fraction of sp³-hybridized carbons (Fsp3) is 0.633. The number of hydrogen-bond acceptors (Lipinski definition) is 7. The molecule has 1 aromatic rings. The van der Waals surface area contributed by atoms with Gasteiger partial charge in [0.15, 0.2) is 5.78 Å². The Balaban J connectivity index is 1.85. The van der Waals surface area contributed by atoms with Gasteiger partial charge in [-0.3, -0.25) is 24.0 Å². The highest BCUT2D eigenvalue weighted by molar-refractivity contribution is 6.32. The van der Waals surface area contributed by atoms with Crippen LogP contribution in [-0.4, -0.2) is 82.8 Å². The molecule has 2 heterocycles. The van der Waals surface area contributed by atoms with Crippen molar-refractivity contribution in [2.75, 3.05) is 13.7 Å². The van der Waals surface area contributed by atoms with Crippen molar-refractivity contribution in [3.8, 4) is 5.75 Å². The summed E-state index contributed by atoms with van der Waals surface area (Å²) in [6.07, 6.45) is 2.66. The van der Waals surface area contributed by atoms with Gasteiger partial charge in [0.2, 0.25) is 23.6 Å². The third kappa shape index (κ3) is 8.22. The summed E-state index contributed by atoms with van der Waals surface area (Å²) in [5.41, 5.74) is -0.636. The second-order valence-electron chi connectivity index (χ2n) is 11.4. The van der Waals surface area contributed by atoms with E-state index in [0.717, 1.165) is 0 Å². The summed E-state index contributed by atoms with van der Waals surface area (Å²) in [6, 6.07) is 2.44. The summed E-state index contributed by atoms with van der Waals surface area (Å²) < 4.78 is 5.31. The SMILES string of the molecule is CC[C@]1(C)NC(=O)[C@H](CCCCCC(=O)[C@@H](C)O)NC(=O)[C@H]2CCCN2C(=O)[C@H](Cc2ccc(Cl)c(OC)c2)NC1=O. The zero-order valence-corrected chi connectivity index (χ0v) is 25.6. The molecule has 12 heteroatoms. The number of carbonyl (C=O) groups excluding carboxylic acids is 5. The predicted molar refractivity (Wildman–Crippen MR) is 157 cm³/mol. The van der Waals surface area contributed by atoms with E-state index in [9.17, 15) is 29.1 Å². The second kappa shape index (κ2) is 14.8. The summed E-state index contributed by atoms with van der Waals surface area (Å²) in [5.74, 6) is -1.59. The number of ether oxygens (including phenoxy) is 1. The Bertz CT molecular complexity index is 1180. The standard InChI is InChI=1S/C30H43ClN4O7/c1-5-30(3)29(41)33-22(16-19-13-14-20(31)25(17-19)42-4)28(40)35-15-9-11-23(35)27(39)32-21(26(38)34-30)10-7-6-8-12-24(37)18(2)36/h13-14,17-18,21-23,36H,5-12,15-16H2,1-4H3,(H,32,39)(H,33,41)(H,34,38)/t18-,21+,22+,23-,30+/m1/s1. The second-order valence-corrected chi connectivity index (χ2v) is 11.8. The van der Waals surface area contributed by atoms with E-state index in [1.807, 2.05) is 0 Å². The van der Waals surface area contributed by atoms with Crippen molar-refractivity contribution in [2.24, 2.45) is 0 Å². The molecule has 5 atom stereocenters. The van der Waals surface area contributed by atoms with Gasteiger partial charge in [-0.2, -0.15) is 0 Å². The van der Waals surface area contributed by atoms with Gasteiger partial charge in [-0.15, -0.1) is 0 Å². The molecule has 0 aromatic heterocycles. The summed E-state index contributed by atoms with van der Waals surface area (Å²) >= 11 is 6.18. The zero-order chi connectivity index (χ0) is 31.0. The number of nitrogens with zero attached hydrogens (tertiary/aromatic N) is 1. The van der Waals surface area contributed by atoms with Crippen LogP contribution in [0.2, 0.25) is 5.02 Å². The van der Waals surface area contributed by atoms with Crippen molar-refractivity contribution in [3.05, 3.63) is 28.8 Å². The summed E-state index contributed by atoms with van der Waals surface area (Å²) in [5, 5.41) is 18.3. The molecule has 0 aliphatic carbocycles. The van der Waals surface area contributed by atoms with Crippen molar-refractivity contribution >= 4 is 41.0 Å². The number of fused-ring (bicyclic) bond motifs is 1. The first kappa shape index (κ1) is 33.3. The van der Waals surface area contributed by atoms with Crippen molar-refractivity contribution in [2.45, 2.75) is 108 Å². The molecule has 0 spiro atoms. The first-order valence-corrected chi connectivity index (χ1v) is 15.0. The number of carbonyl (C=O) groups is 5. The lowest BCUT2D eigenvalue weighted by atomic mass is 9.94. The number of unbranched alkanes of at least 4 members (excludes halogenated alkanes) is 2. The molecule has 0 saturated carbocycles. The van der Waals surface area contributed by atoms with E-state index in [-0.39, 0.29) is 31.0 Å². The monoisotopic (exact) mass is 606 g/mol.